The van der Waals surface area contributed by atoms with Gasteiger partial charge in [0.05, 0.1) is 12.1 Å². The molecule has 2 rings (SSSR count). The smallest absolute Gasteiger partial charge is 0.106 e. The number of allylic oxidation sites excluding steroid dienone is 2. The topological polar surface area (TPSA) is 21.3 Å². The molecule has 1 fully saturated rings. The molecule has 1 N–H and O–H groups in total. The van der Waals surface area contributed by atoms with Gasteiger partial charge in [-0.25, -0.2) is 0 Å². The molecule has 2 heteroatoms. The highest BCUT2D eigenvalue weighted by Gasteiger charge is 2.29. The van der Waals surface area contributed by atoms with Gasteiger partial charge in [0.25, 0.3) is 0 Å². The predicted octanol–water partition coefficient (Wildman–Crippen LogP) is 1.21. The molecule has 3 unspecified atom stereocenters. The first-order chi connectivity index (χ1) is 5.25. The zero-order valence-corrected chi connectivity index (χ0v) is 6.87. The van der Waals surface area contributed by atoms with Crippen LogP contribution in [0.3, 0.4) is 0 Å². The number of rotatable bonds is 0. The van der Waals surface area contributed by atoms with Gasteiger partial charge in [-0.15, -0.1) is 0 Å². The lowest BCUT2D eigenvalue weighted by Gasteiger charge is -2.14. The molecular weight excluding hydrogens is 138 g/mol. The molecule has 2 aliphatic rings. The number of fused-ring (bicyclic) bond motifs is 1. The van der Waals surface area contributed by atoms with Gasteiger partial charge in [-0.05, 0) is 13.8 Å². The molecule has 0 aromatic rings. The SMILES string of the molecule is CC1=CC2OC(C)NC2C=C1. The third-order valence-corrected chi connectivity index (χ3v) is 2.14. The molecule has 0 aromatic heterocycles. The van der Waals surface area contributed by atoms with Gasteiger partial charge in [0.15, 0.2) is 0 Å². The number of nitrogens with one attached hydrogen (secondary N) is 1. The molecule has 1 aliphatic carbocycles. The van der Waals surface area contributed by atoms with E-state index in [4.69, 9.17) is 4.74 Å². The molecule has 60 valence electrons. The lowest BCUT2D eigenvalue weighted by molar-refractivity contribution is 0.0755. The molecule has 1 aliphatic heterocycles. The Morgan fingerprint density at radius 1 is 1.55 bits per heavy atom. The second-order valence-corrected chi connectivity index (χ2v) is 3.21. The van der Waals surface area contributed by atoms with Crippen molar-refractivity contribution in [2.24, 2.45) is 0 Å². The molecule has 1 saturated heterocycles. The maximum Gasteiger partial charge on any atom is 0.106 e. The normalized spacial score (nSPS) is 42.0. The van der Waals surface area contributed by atoms with Gasteiger partial charge < -0.3 is 4.74 Å². The van der Waals surface area contributed by atoms with Gasteiger partial charge in [-0.3, -0.25) is 5.32 Å². The Kier molecular flexibility index (Phi) is 1.59. The number of hydrogen-bond acceptors (Lipinski definition) is 2. The molecule has 3 atom stereocenters. The fourth-order valence-corrected chi connectivity index (χ4v) is 1.60. The van der Waals surface area contributed by atoms with E-state index in [-0.39, 0.29) is 12.3 Å². The van der Waals surface area contributed by atoms with Gasteiger partial charge >= 0.3 is 0 Å². The third kappa shape index (κ3) is 1.24. The minimum atomic E-state index is 0.191. The molecular formula is C9H13NO. The van der Waals surface area contributed by atoms with Crippen LogP contribution in [0.2, 0.25) is 0 Å². The van der Waals surface area contributed by atoms with E-state index in [0.717, 1.165) is 0 Å². The molecule has 0 spiro atoms. The van der Waals surface area contributed by atoms with Crippen LogP contribution in [-0.2, 0) is 4.74 Å². The minimum Gasteiger partial charge on any atom is -0.354 e. The van der Waals surface area contributed by atoms with Gasteiger partial charge in [-0.1, -0.05) is 23.8 Å². The minimum absolute atomic E-state index is 0.191. The quantitative estimate of drug-likeness (QED) is 0.561. The van der Waals surface area contributed by atoms with E-state index in [1.807, 2.05) is 6.92 Å². The maximum atomic E-state index is 5.60. The Bertz CT molecular complexity index is 220. The summed E-state index contributed by atoms with van der Waals surface area (Å²) in [6, 6.07) is 0.397. The van der Waals surface area contributed by atoms with Gasteiger partial charge in [-0.2, -0.15) is 0 Å². The Balaban J connectivity index is 2.17. The van der Waals surface area contributed by atoms with Crippen LogP contribution in [0.15, 0.2) is 23.8 Å². The molecule has 0 aromatic carbocycles. The lowest BCUT2D eigenvalue weighted by atomic mass is 10.0. The van der Waals surface area contributed by atoms with Crippen LogP contribution in [0.1, 0.15) is 13.8 Å². The fraction of sp³-hybridized carbons (Fsp3) is 0.556. The summed E-state index contributed by atoms with van der Waals surface area (Å²) in [5.41, 5.74) is 1.29. The molecule has 0 bridgehead atoms. The van der Waals surface area contributed by atoms with Crippen LogP contribution in [0.5, 0.6) is 0 Å². The predicted molar refractivity (Wildman–Crippen MR) is 44.2 cm³/mol. The second kappa shape index (κ2) is 2.47. The molecule has 0 amide bonds. The van der Waals surface area contributed by atoms with Crippen LogP contribution in [0, 0.1) is 0 Å². The first-order valence-electron chi connectivity index (χ1n) is 4.04. The van der Waals surface area contributed by atoms with Crippen molar-refractivity contribution in [1.82, 2.24) is 5.32 Å². The van der Waals surface area contributed by atoms with Crippen molar-refractivity contribution in [2.45, 2.75) is 32.2 Å². The summed E-state index contributed by atoms with van der Waals surface area (Å²) < 4.78 is 5.60. The van der Waals surface area contributed by atoms with Crippen LogP contribution >= 0.6 is 0 Å². The van der Waals surface area contributed by atoms with Crippen molar-refractivity contribution >= 4 is 0 Å². The summed E-state index contributed by atoms with van der Waals surface area (Å²) in [6.07, 6.45) is 6.92. The summed E-state index contributed by atoms with van der Waals surface area (Å²) in [4.78, 5) is 0. The van der Waals surface area contributed by atoms with Crippen LogP contribution < -0.4 is 5.32 Å². The van der Waals surface area contributed by atoms with E-state index < -0.39 is 0 Å². The summed E-state index contributed by atoms with van der Waals surface area (Å²) >= 11 is 0. The van der Waals surface area contributed by atoms with Gasteiger partial charge in [0, 0.05) is 0 Å². The Labute approximate surface area is 66.9 Å². The van der Waals surface area contributed by atoms with E-state index >= 15 is 0 Å². The van der Waals surface area contributed by atoms with Crippen molar-refractivity contribution in [3.8, 4) is 0 Å². The van der Waals surface area contributed by atoms with E-state index in [0.29, 0.717) is 6.04 Å². The third-order valence-electron chi connectivity index (χ3n) is 2.14. The molecule has 0 saturated carbocycles. The molecule has 11 heavy (non-hydrogen) atoms. The number of ether oxygens (including phenoxy) is 1. The van der Waals surface area contributed by atoms with E-state index in [1.165, 1.54) is 5.57 Å². The summed E-state index contributed by atoms with van der Waals surface area (Å²) in [7, 11) is 0. The van der Waals surface area contributed by atoms with Crippen LogP contribution in [-0.4, -0.2) is 18.4 Å². The summed E-state index contributed by atoms with van der Waals surface area (Å²) in [6.45, 7) is 4.13. The molecule has 0 radical (unpaired) electrons. The van der Waals surface area contributed by atoms with Gasteiger partial charge in [0.1, 0.15) is 6.23 Å². The summed E-state index contributed by atoms with van der Waals surface area (Å²) in [5, 5.41) is 3.32. The van der Waals surface area contributed by atoms with Gasteiger partial charge in [0.2, 0.25) is 0 Å². The Morgan fingerprint density at radius 2 is 2.36 bits per heavy atom. The lowest BCUT2D eigenvalue weighted by Crippen LogP contribution is -2.30. The van der Waals surface area contributed by atoms with Crippen molar-refractivity contribution < 1.29 is 4.74 Å². The zero-order valence-electron chi connectivity index (χ0n) is 6.87. The largest absolute Gasteiger partial charge is 0.354 e. The first-order valence-corrected chi connectivity index (χ1v) is 4.04. The maximum absolute atomic E-state index is 5.60. The summed E-state index contributed by atoms with van der Waals surface area (Å²) in [5.74, 6) is 0. The van der Waals surface area contributed by atoms with Crippen LogP contribution in [0.25, 0.3) is 0 Å². The molecule has 2 nitrogen and oxygen atoms in total. The van der Waals surface area contributed by atoms with Crippen LogP contribution in [0.4, 0.5) is 0 Å². The number of hydrogen-bond donors (Lipinski definition) is 1. The Hall–Kier alpha value is -0.600. The van der Waals surface area contributed by atoms with Crippen molar-refractivity contribution in [2.75, 3.05) is 0 Å². The fourth-order valence-electron chi connectivity index (χ4n) is 1.60. The second-order valence-electron chi connectivity index (χ2n) is 3.21. The molecule has 1 heterocycles. The van der Waals surface area contributed by atoms with E-state index in [2.05, 4.69) is 30.5 Å². The standard InChI is InChI=1S/C9H13NO/c1-6-3-4-8-9(5-6)11-7(2)10-8/h3-5,7-10H,1-2H3. The van der Waals surface area contributed by atoms with E-state index in [1.54, 1.807) is 0 Å². The van der Waals surface area contributed by atoms with Crippen molar-refractivity contribution in [3.05, 3.63) is 23.8 Å². The average Bonchev–Trinajstić information content (AvgIpc) is 2.27. The average molecular weight is 151 g/mol. The van der Waals surface area contributed by atoms with Crippen molar-refractivity contribution in [1.29, 1.82) is 0 Å². The highest BCUT2D eigenvalue weighted by Crippen LogP contribution is 2.20. The zero-order chi connectivity index (χ0) is 7.84. The highest BCUT2D eigenvalue weighted by atomic mass is 16.5. The first kappa shape index (κ1) is 7.07. The Morgan fingerprint density at radius 3 is 3.18 bits per heavy atom. The highest BCUT2D eigenvalue weighted by molar-refractivity contribution is 5.27. The van der Waals surface area contributed by atoms with E-state index in [9.17, 15) is 0 Å². The van der Waals surface area contributed by atoms with Crippen molar-refractivity contribution in [3.63, 3.8) is 0 Å². The monoisotopic (exact) mass is 151 g/mol.